The quantitative estimate of drug-likeness (QED) is 0.912. The first-order valence-electron chi connectivity index (χ1n) is 7.93. The van der Waals surface area contributed by atoms with Crippen LogP contribution in [0.3, 0.4) is 0 Å². The van der Waals surface area contributed by atoms with Crippen molar-refractivity contribution in [3.05, 3.63) is 42.0 Å². The van der Waals surface area contributed by atoms with E-state index < -0.39 is 0 Å². The van der Waals surface area contributed by atoms with Gasteiger partial charge in [-0.25, -0.2) is 0 Å². The fourth-order valence-corrected chi connectivity index (χ4v) is 3.29. The predicted octanol–water partition coefficient (Wildman–Crippen LogP) is 2.76. The maximum Gasteiger partial charge on any atom is 0.255 e. The highest BCUT2D eigenvalue weighted by Gasteiger charge is 2.23. The van der Waals surface area contributed by atoms with Gasteiger partial charge in [-0.15, -0.1) is 0 Å². The van der Waals surface area contributed by atoms with Gasteiger partial charge < -0.3 is 10.4 Å². The smallest absolute Gasteiger partial charge is 0.255 e. The summed E-state index contributed by atoms with van der Waals surface area (Å²) < 4.78 is 0. The number of phenols is 1. The summed E-state index contributed by atoms with van der Waals surface area (Å²) in [5.41, 5.74) is 0.347. The summed E-state index contributed by atoms with van der Waals surface area (Å²) in [6.45, 7) is 4.91. The van der Waals surface area contributed by atoms with Crippen LogP contribution in [0.1, 0.15) is 30.1 Å². The number of rotatable bonds is 4. The van der Waals surface area contributed by atoms with Gasteiger partial charge in [-0.1, -0.05) is 37.3 Å². The molecule has 1 fully saturated rings. The van der Waals surface area contributed by atoms with E-state index in [9.17, 15) is 9.90 Å². The lowest BCUT2D eigenvalue weighted by molar-refractivity contribution is 0.0939. The number of phenolic OH excluding ortho intramolecular Hbond substituents is 1. The highest BCUT2D eigenvalue weighted by molar-refractivity contribution is 6.03. The Morgan fingerprint density at radius 2 is 2.14 bits per heavy atom. The summed E-state index contributed by atoms with van der Waals surface area (Å²) in [4.78, 5) is 14.8. The lowest BCUT2D eigenvalue weighted by atomic mass is 10.0. The van der Waals surface area contributed by atoms with E-state index in [1.807, 2.05) is 30.3 Å². The van der Waals surface area contributed by atoms with Gasteiger partial charge in [-0.05, 0) is 37.4 Å². The third-order valence-electron chi connectivity index (χ3n) is 4.55. The molecule has 1 aliphatic heterocycles. The Labute approximate surface area is 130 Å². The molecule has 3 rings (SSSR count). The molecule has 0 radical (unpaired) electrons. The molecule has 2 aromatic carbocycles. The number of aromatic hydroxyl groups is 1. The van der Waals surface area contributed by atoms with Gasteiger partial charge in [0.15, 0.2) is 0 Å². The molecule has 1 heterocycles. The largest absolute Gasteiger partial charge is 0.506 e. The van der Waals surface area contributed by atoms with E-state index >= 15 is 0 Å². The molecule has 0 bridgehead atoms. The van der Waals surface area contributed by atoms with Crippen molar-refractivity contribution in [2.75, 3.05) is 19.6 Å². The SMILES string of the molecule is CCN1CCC[C@H]1CNC(=O)c1ccc2ccccc2c1O. The molecule has 4 heteroatoms. The van der Waals surface area contributed by atoms with Crippen LogP contribution in [0.25, 0.3) is 10.8 Å². The van der Waals surface area contributed by atoms with Gasteiger partial charge in [-0.2, -0.15) is 0 Å². The highest BCUT2D eigenvalue weighted by Crippen LogP contribution is 2.28. The molecule has 0 saturated carbocycles. The second kappa shape index (κ2) is 6.36. The van der Waals surface area contributed by atoms with E-state index in [1.54, 1.807) is 6.07 Å². The van der Waals surface area contributed by atoms with Gasteiger partial charge in [0.05, 0.1) is 5.56 Å². The molecule has 0 spiro atoms. The van der Waals surface area contributed by atoms with E-state index in [0.717, 1.165) is 24.9 Å². The Kier molecular flexibility index (Phi) is 4.29. The Morgan fingerprint density at radius 3 is 2.95 bits per heavy atom. The van der Waals surface area contributed by atoms with Crippen LogP contribution >= 0.6 is 0 Å². The molecule has 1 amide bonds. The second-order valence-corrected chi connectivity index (χ2v) is 5.82. The van der Waals surface area contributed by atoms with E-state index in [-0.39, 0.29) is 11.7 Å². The fraction of sp³-hybridized carbons (Fsp3) is 0.389. The molecule has 116 valence electrons. The maximum atomic E-state index is 12.4. The van der Waals surface area contributed by atoms with E-state index in [1.165, 1.54) is 6.42 Å². The van der Waals surface area contributed by atoms with Crippen molar-refractivity contribution in [2.24, 2.45) is 0 Å². The van der Waals surface area contributed by atoms with Crippen LogP contribution in [0, 0.1) is 0 Å². The van der Waals surface area contributed by atoms with Gasteiger partial charge in [0.2, 0.25) is 0 Å². The molecule has 0 aliphatic carbocycles. The number of hydrogen-bond donors (Lipinski definition) is 2. The van der Waals surface area contributed by atoms with Crippen LogP contribution in [0.2, 0.25) is 0 Å². The number of benzene rings is 2. The molecule has 1 saturated heterocycles. The lowest BCUT2D eigenvalue weighted by Crippen LogP contribution is -2.40. The molecule has 2 N–H and O–H groups in total. The highest BCUT2D eigenvalue weighted by atomic mass is 16.3. The lowest BCUT2D eigenvalue weighted by Gasteiger charge is -2.23. The summed E-state index contributed by atoms with van der Waals surface area (Å²) in [5, 5.41) is 15.0. The zero-order valence-electron chi connectivity index (χ0n) is 12.9. The third-order valence-corrected chi connectivity index (χ3v) is 4.55. The van der Waals surface area contributed by atoms with Crippen LogP contribution in [-0.2, 0) is 0 Å². The zero-order chi connectivity index (χ0) is 15.5. The summed E-state index contributed by atoms with van der Waals surface area (Å²) in [7, 11) is 0. The Hall–Kier alpha value is -2.07. The first kappa shape index (κ1) is 14.9. The number of nitrogens with zero attached hydrogens (tertiary/aromatic N) is 1. The number of fused-ring (bicyclic) bond motifs is 1. The summed E-state index contributed by atoms with van der Waals surface area (Å²) in [6.07, 6.45) is 2.31. The number of likely N-dealkylation sites (N-methyl/N-ethyl adjacent to an activating group) is 1. The minimum atomic E-state index is -0.203. The molecule has 4 nitrogen and oxygen atoms in total. The minimum Gasteiger partial charge on any atom is -0.506 e. The number of carbonyl (C=O) groups is 1. The first-order valence-corrected chi connectivity index (χ1v) is 7.93. The first-order chi connectivity index (χ1) is 10.7. The van der Waals surface area contributed by atoms with E-state index in [2.05, 4.69) is 17.1 Å². The van der Waals surface area contributed by atoms with Crippen LogP contribution in [0.5, 0.6) is 5.75 Å². The topological polar surface area (TPSA) is 52.6 Å². The fourth-order valence-electron chi connectivity index (χ4n) is 3.29. The predicted molar refractivity (Wildman–Crippen MR) is 88.2 cm³/mol. The Balaban J connectivity index is 1.74. The van der Waals surface area contributed by atoms with E-state index in [0.29, 0.717) is 23.5 Å². The maximum absolute atomic E-state index is 12.4. The molecule has 0 unspecified atom stereocenters. The van der Waals surface area contributed by atoms with Gasteiger partial charge in [-0.3, -0.25) is 9.69 Å². The molecular weight excluding hydrogens is 276 g/mol. The Morgan fingerprint density at radius 1 is 1.32 bits per heavy atom. The van der Waals surface area contributed by atoms with Gasteiger partial charge in [0.25, 0.3) is 5.91 Å². The molecule has 22 heavy (non-hydrogen) atoms. The van der Waals surface area contributed by atoms with Crippen molar-refractivity contribution in [2.45, 2.75) is 25.8 Å². The average Bonchev–Trinajstić information content (AvgIpc) is 3.01. The van der Waals surface area contributed by atoms with E-state index in [4.69, 9.17) is 0 Å². The molecule has 1 aliphatic rings. The van der Waals surface area contributed by atoms with Crippen LogP contribution in [0.4, 0.5) is 0 Å². The second-order valence-electron chi connectivity index (χ2n) is 5.82. The third kappa shape index (κ3) is 2.79. The zero-order valence-corrected chi connectivity index (χ0v) is 12.9. The van der Waals surface area contributed by atoms with Crippen LogP contribution < -0.4 is 5.32 Å². The van der Waals surface area contributed by atoms with Crippen LogP contribution in [-0.4, -0.2) is 41.6 Å². The van der Waals surface area contributed by atoms with Crippen molar-refractivity contribution in [3.63, 3.8) is 0 Å². The van der Waals surface area contributed by atoms with Crippen molar-refractivity contribution in [1.82, 2.24) is 10.2 Å². The number of amides is 1. The monoisotopic (exact) mass is 298 g/mol. The van der Waals surface area contributed by atoms with Crippen molar-refractivity contribution < 1.29 is 9.90 Å². The van der Waals surface area contributed by atoms with Gasteiger partial charge >= 0.3 is 0 Å². The van der Waals surface area contributed by atoms with Crippen molar-refractivity contribution >= 4 is 16.7 Å². The molecule has 1 atom stereocenters. The van der Waals surface area contributed by atoms with Gasteiger partial charge in [0.1, 0.15) is 5.75 Å². The summed E-state index contributed by atoms with van der Waals surface area (Å²) >= 11 is 0. The van der Waals surface area contributed by atoms with Gasteiger partial charge in [0, 0.05) is 18.0 Å². The normalized spacial score (nSPS) is 18.7. The van der Waals surface area contributed by atoms with Crippen molar-refractivity contribution in [3.8, 4) is 5.75 Å². The van der Waals surface area contributed by atoms with Crippen LogP contribution in [0.15, 0.2) is 36.4 Å². The number of likely N-dealkylation sites (tertiary alicyclic amines) is 1. The Bertz CT molecular complexity index is 684. The number of carbonyl (C=O) groups excluding carboxylic acids is 1. The summed E-state index contributed by atoms with van der Waals surface area (Å²) in [6, 6.07) is 11.5. The molecular formula is C18H22N2O2. The molecule has 0 aromatic heterocycles. The minimum absolute atomic E-state index is 0.0642. The van der Waals surface area contributed by atoms with Crippen molar-refractivity contribution in [1.29, 1.82) is 0 Å². The number of hydrogen-bond acceptors (Lipinski definition) is 3. The molecule has 2 aromatic rings. The number of nitrogens with one attached hydrogen (secondary N) is 1. The average molecular weight is 298 g/mol. The summed E-state index contributed by atoms with van der Waals surface area (Å²) in [5.74, 6) is -0.138. The standard InChI is InChI=1S/C18H22N2O2/c1-2-20-11-5-7-14(20)12-19-18(22)16-10-9-13-6-3-4-8-15(13)17(16)21/h3-4,6,8-10,14,21H,2,5,7,11-12H2,1H3,(H,19,22)/t14-/m0/s1.